The van der Waals surface area contributed by atoms with Crippen molar-refractivity contribution >= 4 is 17.3 Å². The second kappa shape index (κ2) is 9.19. The van der Waals surface area contributed by atoms with Crippen LogP contribution in [0.3, 0.4) is 0 Å². The van der Waals surface area contributed by atoms with Gasteiger partial charge in [0.15, 0.2) is 0 Å². The van der Waals surface area contributed by atoms with Crippen molar-refractivity contribution in [2.45, 2.75) is 19.4 Å². The van der Waals surface area contributed by atoms with E-state index in [1.165, 1.54) is 5.56 Å². The van der Waals surface area contributed by atoms with Crippen molar-refractivity contribution in [3.8, 4) is 0 Å². The van der Waals surface area contributed by atoms with Crippen LogP contribution in [0.15, 0.2) is 18.2 Å². The lowest BCUT2D eigenvalue weighted by Crippen LogP contribution is -2.32. The smallest absolute Gasteiger partial charge is 0.0637 e. The van der Waals surface area contributed by atoms with Gasteiger partial charge < -0.3 is 20.1 Å². The molecule has 0 aliphatic rings. The van der Waals surface area contributed by atoms with Crippen LogP contribution >= 0.6 is 11.6 Å². The second-order valence-electron chi connectivity index (χ2n) is 4.93. The van der Waals surface area contributed by atoms with Crippen LogP contribution in [0, 0.1) is 0 Å². The summed E-state index contributed by atoms with van der Waals surface area (Å²) >= 11 is 6.10. The Bertz CT molecular complexity index is 391. The van der Waals surface area contributed by atoms with Crippen LogP contribution in [-0.2, 0) is 15.9 Å². The molecule has 1 unspecified atom stereocenters. The molecule has 0 aromatic heterocycles. The summed E-state index contributed by atoms with van der Waals surface area (Å²) in [5.41, 5.74) is 8.25. The van der Waals surface area contributed by atoms with Gasteiger partial charge in [0, 0.05) is 44.1 Å². The number of hydrogen-bond acceptors (Lipinski definition) is 4. The van der Waals surface area contributed by atoms with Crippen molar-refractivity contribution in [2.24, 2.45) is 5.73 Å². The minimum Gasteiger partial charge on any atom is -0.383 e. The summed E-state index contributed by atoms with van der Waals surface area (Å²) in [6.07, 6.45) is 0.798. The highest BCUT2D eigenvalue weighted by Crippen LogP contribution is 2.25. The largest absolute Gasteiger partial charge is 0.383 e. The minimum absolute atomic E-state index is 0.0962. The molecule has 0 saturated carbocycles. The summed E-state index contributed by atoms with van der Waals surface area (Å²) < 4.78 is 10.4. The predicted octanol–water partition coefficient (Wildman–Crippen LogP) is 2.33. The first-order valence-electron chi connectivity index (χ1n) is 6.85. The Kier molecular flexibility index (Phi) is 7.92. The van der Waals surface area contributed by atoms with Gasteiger partial charge in [-0.05, 0) is 37.1 Å². The molecule has 1 aromatic rings. The number of nitrogens with two attached hydrogens (primary N) is 1. The average molecular weight is 301 g/mol. The highest BCUT2D eigenvalue weighted by Gasteiger charge is 2.13. The van der Waals surface area contributed by atoms with Gasteiger partial charge >= 0.3 is 0 Å². The van der Waals surface area contributed by atoms with Crippen molar-refractivity contribution < 1.29 is 9.47 Å². The lowest BCUT2D eigenvalue weighted by atomic mass is 10.0. The number of hydrogen-bond donors (Lipinski definition) is 1. The van der Waals surface area contributed by atoms with E-state index in [-0.39, 0.29) is 6.04 Å². The van der Waals surface area contributed by atoms with E-state index in [0.29, 0.717) is 13.2 Å². The molecule has 5 heteroatoms. The number of rotatable bonds is 9. The van der Waals surface area contributed by atoms with E-state index in [0.717, 1.165) is 30.2 Å². The van der Waals surface area contributed by atoms with Gasteiger partial charge in [-0.3, -0.25) is 0 Å². The number of nitrogens with zero attached hydrogens (tertiary/aromatic N) is 1. The minimum atomic E-state index is 0.0962. The molecule has 0 heterocycles. The number of anilines is 1. The molecule has 0 spiro atoms. The van der Waals surface area contributed by atoms with Gasteiger partial charge in [0.2, 0.25) is 0 Å². The monoisotopic (exact) mass is 300 g/mol. The van der Waals surface area contributed by atoms with E-state index in [1.54, 1.807) is 14.2 Å². The number of benzene rings is 1. The first-order valence-corrected chi connectivity index (χ1v) is 7.23. The molecule has 20 heavy (non-hydrogen) atoms. The van der Waals surface area contributed by atoms with E-state index in [2.05, 4.69) is 4.90 Å². The van der Waals surface area contributed by atoms with Crippen LogP contribution in [0.5, 0.6) is 0 Å². The van der Waals surface area contributed by atoms with E-state index in [4.69, 9.17) is 26.8 Å². The van der Waals surface area contributed by atoms with Gasteiger partial charge in [0.05, 0.1) is 13.2 Å². The van der Waals surface area contributed by atoms with Crippen LogP contribution < -0.4 is 10.6 Å². The van der Waals surface area contributed by atoms with Crippen molar-refractivity contribution in [2.75, 3.05) is 45.4 Å². The maximum absolute atomic E-state index is 6.10. The molecule has 2 N–H and O–H groups in total. The van der Waals surface area contributed by atoms with Gasteiger partial charge in [0.25, 0.3) is 0 Å². The standard InChI is InChI=1S/C15H25ClN2O2/c1-12(17)10-13-11-14(16)4-5-15(13)18(6-8-19-2)7-9-20-3/h4-5,11-12H,6-10,17H2,1-3H3. The van der Waals surface area contributed by atoms with E-state index in [9.17, 15) is 0 Å². The molecule has 0 saturated heterocycles. The Morgan fingerprint density at radius 3 is 2.30 bits per heavy atom. The molecule has 1 rings (SSSR count). The number of halogens is 1. The van der Waals surface area contributed by atoms with Crippen LogP contribution in [0.25, 0.3) is 0 Å². The Morgan fingerprint density at radius 2 is 1.80 bits per heavy atom. The van der Waals surface area contributed by atoms with Crippen LogP contribution in [-0.4, -0.2) is 46.6 Å². The molecule has 0 amide bonds. The van der Waals surface area contributed by atoms with Crippen molar-refractivity contribution in [3.05, 3.63) is 28.8 Å². The predicted molar refractivity (Wildman–Crippen MR) is 84.8 cm³/mol. The molecule has 0 aliphatic carbocycles. The van der Waals surface area contributed by atoms with Gasteiger partial charge in [-0.2, -0.15) is 0 Å². The summed E-state index contributed by atoms with van der Waals surface area (Å²) in [5, 5.41) is 0.739. The van der Waals surface area contributed by atoms with Gasteiger partial charge in [-0.15, -0.1) is 0 Å². The topological polar surface area (TPSA) is 47.7 Å². The normalized spacial score (nSPS) is 12.4. The number of methoxy groups -OCH3 is 2. The van der Waals surface area contributed by atoms with Crippen molar-refractivity contribution in [1.29, 1.82) is 0 Å². The Hall–Kier alpha value is -0.810. The fourth-order valence-corrected chi connectivity index (χ4v) is 2.32. The quantitative estimate of drug-likeness (QED) is 0.760. The fraction of sp³-hybridized carbons (Fsp3) is 0.600. The van der Waals surface area contributed by atoms with Crippen molar-refractivity contribution in [3.63, 3.8) is 0 Å². The Balaban J connectivity index is 2.96. The summed E-state index contributed by atoms with van der Waals surface area (Å²) in [4.78, 5) is 2.25. The molecule has 0 aliphatic heterocycles. The molecule has 1 aromatic carbocycles. The lowest BCUT2D eigenvalue weighted by molar-refractivity contribution is 0.190. The third kappa shape index (κ3) is 5.67. The maximum atomic E-state index is 6.10. The third-order valence-electron chi connectivity index (χ3n) is 3.05. The third-order valence-corrected chi connectivity index (χ3v) is 3.29. The van der Waals surface area contributed by atoms with Gasteiger partial charge in [0.1, 0.15) is 0 Å². The second-order valence-corrected chi connectivity index (χ2v) is 5.36. The first kappa shape index (κ1) is 17.2. The zero-order chi connectivity index (χ0) is 15.0. The summed E-state index contributed by atoms with van der Waals surface area (Å²) in [6, 6.07) is 6.05. The van der Waals surface area contributed by atoms with Gasteiger partial charge in [-0.1, -0.05) is 11.6 Å². The molecule has 1 atom stereocenters. The molecule has 4 nitrogen and oxygen atoms in total. The lowest BCUT2D eigenvalue weighted by Gasteiger charge is -2.27. The molecule has 0 bridgehead atoms. The highest BCUT2D eigenvalue weighted by molar-refractivity contribution is 6.30. The molecule has 0 fully saturated rings. The Morgan fingerprint density at radius 1 is 1.20 bits per heavy atom. The number of ether oxygens (including phenoxy) is 2. The van der Waals surface area contributed by atoms with Crippen molar-refractivity contribution in [1.82, 2.24) is 0 Å². The Labute approximate surface area is 126 Å². The zero-order valence-electron chi connectivity index (χ0n) is 12.6. The summed E-state index contributed by atoms with van der Waals surface area (Å²) in [7, 11) is 3.42. The highest BCUT2D eigenvalue weighted by atomic mass is 35.5. The van der Waals surface area contributed by atoms with E-state index >= 15 is 0 Å². The zero-order valence-corrected chi connectivity index (χ0v) is 13.3. The van der Waals surface area contributed by atoms with Crippen LogP contribution in [0.1, 0.15) is 12.5 Å². The first-order chi connectivity index (χ1) is 9.58. The molecular formula is C15H25ClN2O2. The molecule has 0 radical (unpaired) electrons. The van der Waals surface area contributed by atoms with E-state index < -0.39 is 0 Å². The fourth-order valence-electron chi connectivity index (χ4n) is 2.13. The van der Waals surface area contributed by atoms with Crippen LogP contribution in [0.2, 0.25) is 5.02 Å². The molecular weight excluding hydrogens is 276 g/mol. The summed E-state index contributed by atoms with van der Waals surface area (Å²) in [5.74, 6) is 0. The summed E-state index contributed by atoms with van der Waals surface area (Å²) in [6.45, 7) is 4.97. The molecule has 114 valence electrons. The maximum Gasteiger partial charge on any atom is 0.0637 e. The van der Waals surface area contributed by atoms with E-state index in [1.807, 2.05) is 25.1 Å². The average Bonchev–Trinajstić information content (AvgIpc) is 2.39. The SMILES string of the molecule is COCCN(CCOC)c1ccc(Cl)cc1CC(C)N. The van der Waals surface area contributed by atoms with Gasteiger partial charge in [-0.25, -0.2) is 0 Å². The van der Waals surface area contributed by atoms with Crippen LogP contribution in [0.4, 0.5) is 5.69 Å².